The number of fused-ring (bicyclic) bond motifs is 1. The maximum Gasteiger partial charge on any atom is 0.266 e. The Kier molecular flexibility index (Phi) is 6.43. The third-order valence-electron chi connectivity index (χ3n) is 4.59. The van der Waals surface area contributed by atoms with E-state index in [-0.39, 0.29) is 22.0 Å². The second-order valence-corrected chi connectivity index (χ2v) is 8.09. The molecule has 0 fully saturated rings. The number of aromatic nitrogens is 2. The van der Waals surface area contributed by atoms with E-state index in [1.54, 1.807) is 48.5 Å². The van der Waals surface area contributed by atoms with E-state index < -0.39 is 11.7 Å². The molecule has 0 spiro atoms. The molecule has 3 aromatic carbocycles. The zero-order valence-corrected chi connectivity index (χ0v) is 18.4. The fourth-order valence-corrected chi connectivity index (χ4v) is 4.07. The number of para-hydroxylation sites is 1. The zero-order valence-electron chi connectivity index (χ0n) is 16.8. The van der Waals surface area contributed by atoms with Gasteiger partial charge < -0.3 is 10.1 Å². The number of ether oxygens (including phenoxy) is 1. The Morgan fingerprint density at radius 3 is 2.75 bits per heavy atom. The largest absolute Gasteiger partial charge is 0.497 e. The molecule has 1 aromatic heterocycles. The first-order chi connectivity index (χ1) is 15.5. The molecule has 0 aliphatic rings. The van der Waals surface area contributed by atoms with Crippen LogP contribution >= 0.6 is 23.4 Å². The van der Waals surface area contributed by atoms with E-state index in [0.717, 1.165) is 17.8 Å². The molecule has 0 atom stereocenters. The minimum Gasteiger partial charge on any atom is -0.497 e. The first kappa shape index (κ1) is 21.9. The number of thioether (sulfide) groups is 1. The van der Waals surface area contributed by atoms with Crippen LogP contribution in [-0.2, 0) is 4.79 Å². The van der Waals surface area contributed by atoms with Gasteiger partial charge in [-0.05, 0) is 42.5 Å². The second-order valence-electron chi connectivity index (χ2n) is 6.71. The second kappa shape index (κ2) is 9.42. The molecule has 1 amide bonds. The molecule has 0 saturated carbocycles. The SMILES string of the molecule is COc1cccc(-n2c(SCC(=O)Nc3ccc(Cl)cc3F)nc3ccccc3c2=O)c1. The van der Waals surface area contributed by atoms with Gasteiger partial charge in [0.15, 0.2) is 5.16 Å². The molecule has 4 rings (SSSR count). The highest BCUT2D eigenvalue weighted by Gasteiger charge is 2.16. The minimum absolute atomic E-state index is 0.0247. The summed E-state index contributed by atoms with van der Waals surface area (Å²) in [6.45, 7) is 0. The molecule has 0 saturated heterocycles. The van der Waals surface area contributed by atoms with Crippen LogP contribution in [0.15, 0.2) is 76.7 Å². The van der Waals surface area contributed by atoms with Crippen molar-refractivity contribution in [2.75, 3.05) is 18.2 Å². The summed E-state index contributed by atoms with van der Waals surface area (Å²) in [7, 11) is 1.54. The molecular formula is C23H17ClFN3O3S. The van der Waals surface area contributed by atoms with Crippen LogP contribution < -0.4 is 15.6 Å². The van der Waals surface area contributed by atoms with E-state index in [2.05, 4.69) is 10.3 Å². The lowest BCUT2D eigenvalue weighted by molar-refractivity contribution is -0.113. The van der Waals surface area contributed by atoms with Gasteiger partial charge in [0.1, 0.15) is 11.6 Å². The first-order valence-electron chi connectivity index (χ1n) is 9.50. The van der Waals surface area contributed by atoms with Gasteiger partial charge in [0.05, 0.1) is 35.1 Å². The topological polar surface area (TPSA) is 73.2 Å². The number of amides is 1. The van der Waals surface area contributed by atoms with Crippen molar-refractivity contribution >= 4 is 45.9 Å². The van der Waals surface area contributed by atoms with Gasteiger partial charge in [-0.15, -0.1) is 0 Å². The summed E-state index contributed by atoms with van der Waals surface area (Å²) in [6, 6.07) is 18.0. The number of halogens is 2. The Morgan fingerprint density at radius 2 is 1.97 bits per heavy atom. The molecule has 162 valence electrons. The van der Waals surface area contributed by atoms with Gasteiger partial charge >= 0.3 is 0 Å². The Hall–Kier alpha value is -3.36. The summed E-state index contributed by atoms with van der Waals surface area (Å²) >= 11 is 6.82. The molecule has 4 aromatic rings. The smallest absolute Gasteiger partial charge is 0.266 e. The summed E-state index contributed by atoms with van der Waals surface area (Å²) in [6.07, 6.45) is 0. The Morgan fingerprint density at radius 1 is 1.16 bits per heavy atom. The maximum absolute atomic E-state index is 14.0. The average molecular weight is 470 g/mol. The summed E-state index contributed by atoms with van der Waals surface area (Å²) in [5, 5.41) is 3.52. The van der Waals surface area contributed by atoms with E-state index in [9.17, 15) is 14.0 Å². The van der Waals surface area contributed by atoms with E-state index in [1.807, 2.05) is 0 Å². The van der Waals surface area contributed by atoms with Gasteiger partial charge in [-0.2, -0.15) is 0 Å². The number of anilines is 1. The van der Waals surface area contributed by atoms with E-state index >= 15 is 0 Å². The van der Waals surface area contributed by atoms with Crippen molar-refractivity contribution in [2.24, 2.45) is 0 Å². The summed E-state index contributed by atoms with van der Waals surface area (Å²) in [5.41, 5.74) is 0.828. The maximum atomic E-state index is 14.0. The quantitative estimate of drug-likeness (QED) is 0.320. The molecule has 0 unspecified atom stereocenters. The molecule has 32 heavy (non-hydrogen) atoms. The lowest BCUT2D eigenvalue weighted by atomic mass is 10.2. The van der Waals surface area contributed by atoms with Gasteiger partial charge in [0, 0.05) is 11.1 Å². The molecule has 6 nitrogen and oxygen atoms in total. The molecule has 0 radical (unpaired) electrons. The number of rotatable bonds is 6. The molecule has 1 heterocycles. The van der Waals surface area contributed by atoms with Crippen LogP contribution in [0.1, 0.15) is 0 Å². The number of benzene rings is 3. The van der Waals surface area contributed by atoms with E-state index in [0.29, 0.717) is 27.5 Å². The lowest BCUT2D eigenvalue weighted by Gasteiger charge is -2.14. The average Bonchev–Trinajstić information content (AvgIpc) is 2.79. The molecule has 0 aliphatic heterocycles. The Balaban J connectivity index is 1.68. The normalized spacial score (nSPS) is 10.8. The molecule has 9 heteroatoms. The van der Waals surface area contributed by atoms with Crippen LogP contribution in [0.4, 0.5) is 10.1 Å². The highest BCUT2D eigenvalue weighted by Crippen LogP contribution is 2.24. The minimum atomic E-state index is -0.632. The molecule has 0 bridgehead atoms. The first-order valence-corrected chi connectivity index (χ1v) is 10.9. The van der Waals surface area contributed by atoms with Gasteiger partial charge in [-0.1, -0.05) is 41.6 Å². The highest BCUT2D eigenvalue weighted by molar-refractivity contribution is 7.99. The third kappa shape index (κ3) is 4.61. The van der Waals surface area contributed by atoms with E-state index in [4.69, 9.17) is 16.3 Å². The molecule has 0 aliphatic carbocycles. The summed E-state index contributed by atoms with van der Waals surface area (Å²) < 4.78 is 20.7. The highest BCUT2D eigenvalue weighted by atomic mass is 35.5. The summed E-state index contributed by atoms with van der Waals surface area (Å²) in [4.78, 5) is 30.3. The fraction of sp³-hybridized carbons (Fsp3) is 0.0870. The van der Waals surface area contributed by atoms with Crippen molar-refractivity contribution < 1.29 is 13.9 Å². The number of nitrogens with one attached hydrogen (secondary N) is 1. The van der Waals surface area contributed by atoms with Gasteiger partial charge in [-0.25, -0.2) is 9.37 Å². The van der Waals surface area contributed by atoms with Crippen LogP contribution in [0, 0.1) is 5.82 Å². The zero-order chi connectivity index (χ0) is 22.7. The van der Waals surface area contributed by atoms with Crippen LogP contribution in [0.3, 0.4) is 0 Å². The van der Waals surface area contributed by atoms with Crippen molar-refractivity contribution in [3.05, 3.63) is 87.9 Å². The Bertz CT molecular complexity index is 1380. The van der Waals surface area contributed by atoms with Crippen LogP contribution in [0.25, 0.3) is 16.6 Å². The molecular weight excluding hydrogens is 453 g/mol. The third-order valence-corrected chi connectivity index (χ3v) is 5.77. The van der Waals surface area contributed by atoms with Crippen molar-refractivity contribution in [1.82, 2.24) is 9.55 Å². The van der Waals surface area contributed by atoms with Crippen molar-refractivity contribution in [1.29, 1.82) is 0 Å². The molecule has 1 N–H and O–H groups in total. The van der Waals surface area contributed by atoms with Crippen LogP contribution in [0.2, 0.25) is 5.02 Å². The van der Waals surface area contributed by atoms with Crippen molar-refractivity contribution in [2.45, 2.75) is 5.16 Å². The van der Waals surface area contributed by atoms with Gasteiger partial charge in [-0.3, -0.25) is 14.2 Å². The monoisotopic (exact) mass is 469 g/mol. The fourth-order valence-electron chi connectivity index (χ4n) is 3.09. The van der Waals surface area contributed by atoms with E-state index in [1.165, 1.54) is 23.8 Å². The van der Waals surface area contributed by atoms with Crippen LogP contribution in [-0.4, -0.2) is 28.3 Å². The number of methoxy groups -OCH3 is 1. The number of hydrogen-bond donors (Lipinski definition) is 1. The predicted molar refractivity (Wildman–Crippen MR) is 125 cm³/mol. The van der Waals surface area contributed by atoms with Crippen molar-refractivity contribution in [3.63, 3.8) is 0 Å². The predicted octanol–water partition coefficient (Wildman–Crippen LogP) is 4.92. The van der Waals surface area contributed by atoms with Crippen molar-refractivity contribution in [3.8, 4) is 11.4 Å². The summed E-state index contributed by atoms with van der Waals surface area (Å²) in [5.74, 6) is -0.588. The number of hydrogen-bond acceptors (Lipinski definition) is 5. The number of carbonyl (C=O) groups excluding carboxylic acids is 1. The lowest BCUT2D eigenvalue weighted by Crippen LogP contribution is -2.23. The van der Waals surface area contributed by atoms with Gasteiger partial charge in [0.2, 0.25) is 5.91 Å². The van der Waals surface area contributed by atoms with Gasteiger partial charge in [0.25, 0.3) is 5.56 Å². The Labute approximate surface area is 192 Å². The standard InChI is InChI=1S/C23H17ClFN3O3S/c1-31-16-6-4-5-15(12-16)28-22(30)17-7-2-3-8-19(17)27-23(28)32-13-21(29)26-20-10-9-14(24)11-18(20)25/h2-12H,13H2,1H3,(H,26,29). The van der Waals surface area contributed by atoms with Crippen LogP contribution in [0.5, 0.6) is 5.75 Å². The number of nitrogens with zero attached hydrogens (tertiary/aromatic N) is 2. The number of carbonyl (C=O) groups is 1.